The minimum absolute atomic E-state index is 0.0166. The van der Waals surface area contributed by atoms with Crippen molar-refractivity contribution in [3.05, 3.63) is 0 Å². The molecule has 4 atom stereocenters. The minimum Gasteiger partial charge on any atom is -0.480 e. The number of aliphatic hydroxyl groups is 1. The van der Waals surface area contributed by atoms with E-state index in [1.54, 1.807) is 0 Å². The lowest BCUT2D eigenvalue weighted by atomic mass is 10.0. The van der Waals surface area contributed by atoms with Crippen LogP contribution in [-0.4, -0.2) is 64.7 Å². The van der Waals surface area contributed by atoms with E-state index in [9.17, 15) is 29.4 Å². The summed E-state index contributed by atoms with van der Waals surface area (Å²) in [6.07, 6.45) is -0.775. The molecular formula is C18H34N4O6. The van der Waals surface area contributed by atoms with Crippen LogP contribution < -0.4 is 21.7 Å². The number of aliphatic carboxylic acids is 1. The Bertz CT molecular complexity index is 550. The number of hydrogen-bond acceptors (Lipinski definition) is 6. The first-order valence-electron chi connectivity index (χ1n) is 9.40. The van der Waals surface area contributed by atoms with Gasteiger partial charge in [0.25, 0.3) is 0 Å². The Morgan fingerprint density at radius 2 is 1.32 bits per heavy atom. The van der Waals surface area contributed by atoms with Crippen LogP contribution in [0.4, 0.5) is 0 Å². The van der Waals surface area contributed by atoms with Crippen molar-refractivity contribution in [2.45, 2.75) is 71.7 Å². The number of nitrogens with two attached hydrogens (primary N) is 1. The molecule has 10 heteroatoms. The number of carbonyl (C=O) groups is 4. The number of rotatable bonds is 12. The van der Waals surface area contributed by atoms with E-state index in [0.29, 0.717) is 6.42 Å². The Labute approximate surface area is 165 Å². The molecule has 10 nitrogen and oxygen atoms in total. The Morgan fingerprint density at radius 3 is 1.71 bits per heavy atom. The summed E-state index contributed by atoms with van der Waals surface area (Å²) in [6.45, 7) is 8.35. The van der Waals surface area contributed by atoms with E-state index in [1.165, 1.54) is 6.92 Å². The molecule has 0 aromatic heterocycles. The zero-order valence-electron chi connectivity index (χ0n) is 17.2. The van der Waals surface area contributed by atoms with Gasteiger partial charge in [-0.15, -0.1) is 0 Å². The Morgan fingerprint density at radius 1 is 0.821 bits per heavy atom. The number of carbonyl (C=O) groups excluding carboxylic acids is 3. The third kappa shape index (κ3) is 9.65. The van der Waals surface area contributed by atoms with E-state index in [-0.39, 0.29) is 24.8 Å². The first-order valence-corrected chi connectivity index (χ1v) is 9.40. The normalized spacial score (nSPS) is 15.5. The van der Waals surface area contributed by atoms with Gasteiger partial charge in [-0.2, -0.15) is 0 Å². The summed E-state index contributed by atoms with van der Waals surface area (Å²) in [5.74, 6) is -3.12. The van der Waals surface area contributed by atoms with Crippen LogP contribution in [0.1, 0.15) is 47.5 Å². The molecule has 0 fully saturated rings. The summed E-state index contributed by atoms with van der Waals surface area (Å²) in [5.41, 5.74) is 5.27. The average Bonchev–Trinajstić information content (AvgIpc) is 2.56. The number of amides is 3. The molecule has 4 unspecified atom stereocenters. The van der Waals surface area contributed by atoms with Gasteiger partial charge < -0.3 is 31.9 Å². The summed E-state index contributed by atoms with van der Waals surface area (Å²) >= 11 is 0. The second-order valence-electron chi connectivity index (χ2n) is 7.71. The molecule has 0 aromatic rings. The van der Waals surface area contributed by atoms with Gasteiger partial charge in [-0.1, -0.05) is 27.7 Å². The standard InChI is InChI=1S/C18H34N4O6/c1-9(2)6-12(20-14(24)8-19)16(25)22-15(11(5)23)17(26)21-13(18(27)28)7-10(3)4/h9-13,15,23H,6-8,19H2,1-5H3,(H,20,24)(H,21,26)(H,22,25)(H,27,28). The van der Waals surface area contributed by atoms with Gasteiger partial charge in [-0.05, 0) is 31.6 Å². The molecule has 0 radical (unpaired) electrons. The smallest absolute Gasteiger partial charge is 0.326 e. The Balaban J connectivity index is 5.27. The van der Waals surface area contributed by atoms with Gasteiger partial charge in [0.1, 0.15) is 18.1 Å². The largest absolute Gasteiger partial charge is 0.480 e. The molecule has 0 aliphatic heterocycles. The highest BCUT2D eigenvalue weighted by molar-refractivity contribution is 5.93. The molecule has 0 rings (SSSR count). The lowest BCUT2D eigenvalue weighted by Gasteiger charge is -2.27. The van der Waals surface area contributed by atoms with Crippen molar-refractivity contribution in [2.75, 3.05) is 6.54 Å². The highest BCUT2D eigenvalue weighted by atomic mass is 16.4. The molecule has 162 valence electrons. The second-order valence-corrected chi connectivity index (χ2v) is 7.71. The Kier molecular flexibility index (Phi) is 11.3. The third-order valence-corrected chi connectivity index (χ3v) is 3.93. The SMILES string of the molecule is CC(C)CC(NC(=O)C(NC(=O)C(CC(C)C)NC(=O)CN)C(C)O)C(=O)O. The number of carboxylic acids is 1. The monoisotopic (exact) mass is 402 g/mol. The maximum Gasteiger partial charge on any atom is 0.326 e. The van der Waals surface area contributed by atoms with Crippen molar-refractivity contribution >= 4 is 23.7 Å². The van der Waals surface area contributed by atoms with E-state index < -0.39 is 47.9 Å². The van der Waals surface area contributed by atoms with Crippen LogP contribution in [0, 0.1) is 11.8 Å². The van der Waals surface area contributed by atoms with Gasteiger partial charge in [0.2, 0.25) is 17.7 Å². The highest BCUT2D eigenvalue weighted by Gasteiger charge is 2.32. The summed E-state index contributed by atoms with van der Waals surface area (Å²) in [4.78, 5) is 48.0. The number of nitrogens with one attached hydrogen (secondary N) is 3. The van der Waals surface area contributed by atoms with Crippen molar-refractivity contribution in [2.24, 2.45) is 17.6 Å². The predicted molar refractivity (Wildman–Crippen MR) is 103 cm³/mol. The molecule has 0 heterocycles. The maximum absolute atomic E-state index is 12.6. The first-order chi connectivity index (χ1) is 12.9. The summed E-state index contributed by atoms with van der Waals surface area (Å²) in [6, 6.07) is -3.45. The van der Waals surface area contributed by atoms with Gasteiger partial charge >= 0.3 is 5.97 Å². The van der Waals surface area contributed by atoms with Crippen molar-refractivity contribution in [3.63, 3.8) is 0 Å². The van der Waals surface area contributed by atoms with Crippen molar-refractivity contribution in [1.82, 2.24) is 16.0 Å². The topological polar surface area (TPSA) is 171 Å². The predicted octanol–water partition coefficient (Wildman–Crippen LogP) is -1.04. The lowest BCUT2D eigenvalue weighted by molar-refractivity contribution is -0.143. The van der Waals surface area contributed by atoms with E-state index >= 15 is 0 Å². The highest BCUT2D eigenvalue weighted by Crippen LogP contribution is 2.08. The summed E-state index contributed by atoms with van der Waals surface area (Å²) in [5, 5.41) is 26.4. The van der Waals surface area contributed by atoms with E-state index in [4.69, 9.17) is 5.73 Å². The number of aliphatic hydroxyl groups excluding tert-OH is 1. The maximum atomic E-state index is 12.6. The lowest BCUT2D eigenvalue weighted by Crippen LogP contribution is -2.59. The Hall–Kier alpha value is -2.20. The molecule has 3 amide bonds. The van der Waals surface area contributed by atoms with Crippen LogP contribution in [-0.2, 0) is 19.2 Å². The number of hydrogen-bond donors (Lipinski definition) is 6. The van der Waals surface area contributed by atoms with Gasteiger partial charge in [-0.3, -0.25) is 14.4 Å². The first kappa shape index (κ1) is 25.8. The van der Waals surface area contributed by atoms with Gasteiger partial charge in [0.05, 0.1) is 12.6 Å². The fourth-order valence-corrected chi connectivity index (χ4v) is 2.57. The van der Waals surface area contributed by atoms with Crippen LogP contribution in [0.25, 0.3) is 0 Å². The molecule has 0 aliphatic rings. The van der Waals surface area contributed by atoms with Crippen molar-refractivity contribution in [1.29, 1.82) is 0 Å². The minimum atomic E-state index is -1.37. The van der Waals surface area contributed by atoms with E-state index in [1.807, 2.05) is 27.7 Å². The third-order valence-electron chi connectivity index (χ3n) is 3.93. The molecule has 28 heavy (non-hydrogen) atoms. The fourth-order valence-electron chi connectivity index (χ4n) is 2.57. The van der Waals surface area contributed by atoms with E-state index in [0.717, 1.165) is 0 Å². The van der Waals surface area contributed by atoms with Crippen LogP contribution in [0.15, 0.2) is 0 Å². The molecule has 0 aliphatic carbocycles. The zero-order valence-corrected chi connectivity index (χ0v) is 17.2. The number of carboxylic acid groups (broad SMARTS) is 1. The van der Waals surface area contributed by atoms with Crippen LogP contribution in [0.3, 0.4) is 0 Å². The molecule has 0 aromatic carbocycles. The van der Waals surface area contributed by atoms with Crippen molar-refractivity contribution in [3.8, 4) is 0 Å². The van der Waals surface area contributed by atoms with Crippen molar-refractivity contribution < 1.29 is 29.4 Å². The van der Waals surface area contributed by atoms with Gasteiger partial charge in [-0.25, -0.2) is 4.79 Å². The molecule has 0 saturated heterocycles. The van der Waals surface area contributed by atoms with Gasteiger partial charge in [0, 0.05) is 0 Å². The fraction of sp³-hybridized carbons (Fsp3) is 0.778. The van der Waals surface area contributed by atoms with Crippen LogP contribution >= 0.6 is 0 Å². The quantitative estimate of drug-likeness (QED) is 0.242. The molecular weight excluding hydrogens is 368 g/mol. The van der Waals surface area contributed by atoms with Crippen LogP contribution in [0.5, 0.6) is 0 Å². The molecule has 7 N–H and O–H groups in total. The van der Waals surface area contributed by atoms with E-state index in [2.05, 4.69) is 16.0 Å². The summed E-state index contributed by atoms with van der Waals surface area (Å²) < 4.78 is 0. The zero-order chi connectivity index (χ0) is 22.0. The van der Waals surface area contributed by atoms with Crippen LogP contribution in [0.2, 0.25) is 0 Å². The average molecular weight is 402 g/mol. The second kappa shape index (κ2) is 12.3. The molecule has 0 saturated carbocycles. The van der Waals surface area contributed by atoms with Gasteiger partial charge in [0.15, 0.2) is 0 Å². The molecule has 0 spiro atoms. The molecule has 0 bridgehead atoms. The summed E-state index contributed by atoms with van der Waals surface area (Å²) in [7, 11) is 0.